The minimum Gasteiger partial charge on any atom is -0.508 e. The molecule has 0 aliphatic carbocycles. The Hall–Kier alpha value is -2.39. The third-order valence-corrected chi connectivity index (χ3v) is 4.20. The molecule has 1 atom stereocenters. The molecule has 1 fully saturated rings. The number of phenols is 1. The maximum atomic E-state index is 10.9. The van der Waals surface area contributed by atoms with Crippen LogP contribution in [0.15, 0.2) is 42.7 Å². The highest BCUT2D eigenvalue weighted by atomic mass is 35.5. The topological polar surface area (TPSA) is 111 Å². The van der Waals surface area contributed by atoms with Crippen LogP contribution in [0.5, 0.6) is 5.75 Å². The number of carbonyl (C=O) groups excluding carboxylic acids is 1. The molecular formula is C18H23Cl2N5O3. The lowest BCUT2D eigenvalue weighted by molar-refractivity contribution is -0.124. The lowest BCUT2D eigenvalue weighted by atomic mass is 10.2. The summed E-state index contributed by atoms with van der Waals surface area (Å²) in [4.78, 5) is 21.7. The van der Waals surface area contributed by atoms with Crippen LogP contribution < -0.4 is 10.8 Å². The summed E-state index contributed by atoms with van der Waals surface area (Å²) < 4.78 is 0. The number of amides is 1. The van der Waals surface area contributed by atoms with Gasteiger partial charge in [-0.25, -0.2) is 10.5 Å². The number of halogens is 2. The van der Waals surface area contributed by atoms with E-state index >= 15 is 0 Å². The number of hydrogen-bond donors (Lipinski definition) is 4. The summed E-state index contributed by atoms with van der Waals surface area (Å²) in [5, 5.41) is 21.7. The van der Waals surface area contributed by atoms with Gasteiger partial charge in [0.15, 0.2) is 0 Å². The largest absolute Gasteiger partial charge is 0.508 e. The molecule has 28 heavy (non-hydrogen) atoms. The van der Waals surface area contributed by atoms with Crippen molar-refractivity contribution < 1.29 is 15.1 Å². The van der Waals surface area contributed by atoms with Crippen LogP contribution in [0.3, 0.4) is 0 Å². The summed E-state index contributed by atoms with van der Waals surface area (Å²) in [7, 11) is 0. The van der Waals surface area contributed by atoms with Crippen molar-refractivity contribution in [1.29, 1.82) is 0 Å². The van der Waals surface area contributed by atoms with E-state index in [9.17, 15) is 9.90 Å². The number of nitrogens with zero attached hydrogens (tertiary/aromatic N) is 3. The average Bonchev–Trinajstić information content (AvgIpc) is 3.09. The number of likely N-dealkylation sites (tertiary alicyclic amines) is 1. The van der Waals surface area contributed by atoms with Gasteiger partial charge in [-0.2, -0.15) is 0 Å². The predicted molar refractivity (Wildman–Crippen MR) is 111 cm³/mol. The Morgan fingerprint density at radius 3 is 2.71 bits per heavy atom. The van der Waals surface area contributed by atoms with Crippen LogP contribution in [-0.2, 0) is 11.3 Å². The number of benzene rings is 1. The number of aromatic hydroxyl groups is 1. The van der Waals surface area contributed by atoms with Gasteiger partial charge in [0.1, 0.15) is 11.6 Å². The Morgan fingerprint density at radius 1 is 1.25 bits per heavy atom. The molecular weight excluding hydrogens is 405 g/mol. The van der Waals surface area contributed by atoms with Gasteiger partial charge in [0, 0.05) is 37.3 Å². The van der Waals surface area contributed by atoms with E-state index in [1.807, 2.05) is 18.2 Å². The summed E-state index contributed by atoms with van der Waals surface area (Å²) in [6, 6.07) is 7.65. The number of hydroxylamine groups is 1. The fraction of sp³-hybridized carbons (Fsp3) is 0.278. The number of carbonyl (C=O) groups is 1. The molecule has 2 aromatic rings. The summed E-state index contributed by atoms with van der Waals surface area (Å²) in [6.45, 7) is 2.51. The van der Waals surface area contributed by atoms with Gasteiger partial charge in [-0.3, -0.25) is 19.9 Å². The van der Waals surface area contributed by atoms with Gasteiger partial charge in [0.25, 0.3) is 5.91 Å². The van der Waals surface area contributed by atoms with E-state index in [2.05, 4.69) is 20.2 Å². The number of aromatic nitrogens is 2. The van der Waals surface area contributed by atoms with Gasteiger partial charge >= 0.3 is 0 Å². The molecule has 2 heterocycles. The molecule has 1 aromatic heterocycles. The van der Waals surface area contributed by atoms with Crippen molar-refractivity contribution in [2.75, 3.05) is 18.4 Å². The summed E-state index contributed by atoms with van der Waals surface area (Å²) >= 11 is 0. The number of para-hydroxylation sites is 1. The molecule has 4 N–H and O–H groups in total. The average molecular weight is 428 g/mol. The Balaban J connectivity index is 0.00000196. The molecule has 0 bridgehead atoms. The molecule has 1 aliphatic heterocycles. The van der Waals surface area contributed by atoms with Crippen LogP contribution in [0, 0.1) is 0 Å². The quantitative estimate of drug-likeness (QED) is 0.317. The van der Waals surface area contributed by atoms with E-state index in [4.69, 9.17) is 5.21 Å². The van der Waals surface area contributed by atoms with Crippen molar-refractivity contribution in [1.82, 2.24) is 20.3 Å². The van der Waals surface area contributed by atoms with Gasteiger partial charge in [0.2, 0.25) is 0 Å². The highest BCUT2D eigenvalue weighted by Gasteiger charge is 2.23. The highest BCUT2D eigenvalue weighted by molar-refractivity contribution is 5.90. The van der Waals surface area contributed by atoms with Crippen LogP contribution in [0.1, 0.15) is 17.7 Å². The molecule has 1 amide bonds. The van der Waals surface area contributed by atoms with E-state index in [1.165, 1.54) is 17.6 Å². The van der Waals surface area contributed by atoms with E-state index in [-0.39, 0.29) is 30.9 Å². The van der Waals surface area contributed by atoms with Crippen LogP contribution in [0.2, 0.25) is 0 Å². The van der Waals surface area contributed by atoms with Crippen LogP contribution in [0.4, 0.5) is 5.82 Å². The Labute approximate surface area is 175 Å². The maximum Gasteiger partial charge on any atom is 0.267 e. The highest BCUT2D eigenvalue weighted by Crippen LogP contribution is 2.21. The second kappa shape index (κ2) is 11.5. The zero-order valence-corrected chi connectivity index (χ0v) is 16.6. The van der Waals surface area contributed by atoms with Gasteiger partial charge in [-0.15, -0.1) is 24.8 Å². The molecule has 1 aliphatic rings. The first-order chi connectivity index (χ1) is 12.6. The Bertz CT molecular complexity index is 789. The predicted octanol–water partition coefficient (Wildman–Crippen LogP) is 2.23. The van der Waals surface area contributed by atoms with E-state index in [0.717, 1.165) is 25.1 Å². The SMILES string of the molecule is Cl.Cl.O=C(/C=C/c1cnc(N[C@@H]2CCN(Cc3ccccc3O)C2)cn1)NO. The molecule has 0 unspecified atom stereocenters. The molecule has 3 rings (SSSR count). The molecule has 8 nitrogen and oxygen atoms in total. The lowest BCUT2D eigenvalue weighted by Crippen LogP contribution is -2.26. The van der Waals surface area contributed by atoms with Crippen molar-refractivity contribution in [3.8, 4) is 5.75 Å². The number of anilines is 1. The standard InChI is InChI=1S/C18H21N5O3.2ClH/c24-16-4-2-1-3-13(16)11-23-8-7-15(12-23)21-17-10-19-14(9-20-17)5-6-18(25)22-26;;/h1-6,9-10,15,24,26H,7-8,11-12H2,(H,20,21)(H,22,25);2*1H/b6-5+;;/t15-;;/m1../s1. The van der Waals surface area contributed by atoms with Crippen LogP contribution in [-0.4, -0.2) is 50.2 Å². The van der Waals surface area contributed by atoms with Crippen molar-refractivity contribution in [2.45, 2.75) is 19.0 Å². The first kappa shape index (κ1) is 23.6. The van der Waals surface area contributed by atoms with Gasteiger partial charge in [0.05, 0.1) is 18.1 Å². The lowest BCUT2D eigenvalue weighted by Gasteiger charge is -2.17. The number of rotatable bonds is 6. The van der Waals surface area contributed by atoms with Crippen molar-refractivity contribution in [3.05, 3.63) is 54.0 Å². The molecule has 152 valence electrons. The van der Waals surface area contributed by atoms with Gasteiger partial charge in [-0.05, 0) is 18.6 Å². The molecule has 1 aromatic carbocycles. The molecule has 0 spiro atoms. The third kappa shape index (κ3) is 6.65. The fourth-order valence-electron chi connectivity index (χ4n) is 2.89. The Morgan fingerprint density at radius 2 is 2.04 bits per heavy atom. The summed E-state index contributed by atoms with van der Waals surface area (Å²) in [5.74, 6) is 0.376. The summed E-state index contributed by atoms with van der Waals surface area (Å²) in [6.07, 6.45) is 6.78. The summed E-state index contributed by atoms with van der Waals surface area (Å²) in [5.41, 5.74) is 2.96. The number of hydrogen-bond acceptors (Lipinski definition) is 7. The minimum atomic E-state index is -0.621. The van der Waals surface area contributed by atoms with Crippen molar-refractivity contribution >= 4 is 42.6 Å². The Kier molecular flexibility index (Phi) is 9.67. The first-order valence-corrected chi connectivity index (χ1v) is 8.34. The third-order valence-electron chi connectivity index (χ3n) is 4.20. The van der Waals surface area contributed by atoms with Crippen LogP contribution in [0.25, 0.3) is 6.08 Å². The fourth-order valence-corrected chi connectivity index (χ4v) is 2.89. The van der Waals surface area contributed by atoms with E-state index < -0.39 is 5.91 Å². The minimum absolute atomic E-state index is 0. The monoisotopic (exact) mass is 427 g/mol. The van der Waals surface area contributed by atoms with Crippen molar-refractivity contribution in [3.63, 3.8) is 0 Å². The molecule has 1 saturated heterocycles. The van der Waals surface area contributed by atoms with Gasteiger partial charge < -0.3 is 10.4 Å². The zero-order valence-electron chi connectivity index (χ0n) is 15.0. The maximum absolute atomic E-state index is 10.9. The smallest absolute Gasteiger partial charge is 0.267 e. The van der Waals surface area contributed by atoms with E-state index in [1.54, 1.807) is 18.5 Å². The zero-order chi connectivity index (χ0) is 18.4. The molecule has 10 heteroatoms. The molecule has 0 saturated carbocycles. The van der Waals surface area contributed by atoms with Crippen molar-refractivity contribution in [2.24, 2.45) is 0 Å². The normalized spacial score (nSPS) is 16.2. The first-order valence-electron chi connectivity index (χ1n) is 8.34. The second-order valence-electron chi connectivity index (χ2n) is 6.13. The number of phenolic OH excluding ortho intramolecular Hbond substituents is 1. The number of nitrogens with one attached hydrogen (secondary N) is 2. The second-order valence-corrected chi connectivity index (χ2v) is 6.13. The molecule has 0 radical (unpaired) electrons. The van der Waals surface area contributed by atoms with E-state index in [0.29, 0.717) is 23.8 Å². The van der Waals surface area contributed by atoms with Gasteiger partial charge in [-0.1, -0.05) is 18.2 Å². The van der Waals surface area contributed by atoms with Crippen LogP contribution >= 0.6 is 24.8 Å².